The Bertz CT molecular complexity index is 384. The molecule has 0 radical (unpaired) electrons. The zero-order chi connectivity index (χ0) is 11.7. The van der Waals surface area contributed by atoms with Crippen LogP contribution in [0.5, 0.6) is 0 Å². The van der Waals surface area contributed by atoms with Gasteiger partial charge < -0.3 is 19.9 Å². The Morgan fingerprint density at radius 3 is 3.06 bits per heavy atom. The van der Waals surface area contributed by atoms with Crippen molar-refractivity contribution >= 4 is 5.95 Å². The van der Waals surface area contributed by atoms with Crippen molar-refractivity contribution in [2.45, 2.75) is 30.9 Å². The highest BCUT2D eigenvalue weighted by Crippen LogP contribution is 2.34. The van der Waals surface area contributed by atoms with Gasteiger partial charge in [-0.05, 0) is 32.4 Å². The molecule has 2 N–H and O–H groups in total. The van der Waals surface area contributed by atoms with Gasteiger partial charge >= 0.3 is 0 Å². The van der Waals surface area contributed by atoms with E-state index >= 15 is 0 Å². The van der Waals surface area contributed by atoms with Crippen LogP contribution < -0.4 is 10.6 Å². The fourth-order valence-electron chi connectivity index (χ4n) is 2.86. The van der Waals surface area contributed by atoms with Crippen LogP contribution in [0.25, 0.3) is 0 Å². The molecule has 5 nitrogen and oxygen atoms in total. The normalized spacial score (nSPS) is 27.5. The second-order valence-electron chi connectivity index (χ2n) is 5.15. The summed E-state index contributed by atoms with van der Waals surface area (Å²) in [6.45, 7) is 2.96. The lowest BCUT2D eigenvalue weighted by atomic mass is 9.88. The summed E-state index contributed by atoms with van der Waals surface area (Å²) >= 11 is 0. The average Bonchev–Trinajstić information content (AvgIpc) is 2.90. The minimum atomic E-state index is 0.119. The van der Waals surface area contributed by atoms with Gasteiger partial charge in [-0.15, -0.1) is 0 Å². The van der Waals surface area contributed by atoms with Crippen LogP contribution >= 0.6 is 0 Å². The molecule has 17 heavy (non-hydrogen) atoms. The third-order valence-electron chi connectivity index (χ3n) is 3.88. The minimum Gasteiger partial charge on any atom is -0.373 e. The second-order valence-corrected chi connectivity index (χ2v) is 5.15. The topological polar surface area (TPSA) is 51.1 Å². The Morgan fingerprint density at radius 1 is 1.53 bits per heavy atom. The third-order valence-corrected chi connectivity index (χ3v) is 3.88. The first-order valence-corrected chi connectivity index (χ1v) is 6.36. The molecule has 0 aliphatic carbocycles. The number of nitrogens with one attached hydrogen (secondary N) is 2. The van der Waals surface area contributed by atoms with E-state index < -0.39 is 0 Å². The smallest absolute Gasteiger partial charge is 0.202 e. The van der Waals surface area contributed by atoms with Crippen molar-refractivity contribution < 1.29 is 4.74 Å². The van der Waals surface area contributed by atoms with Gasteiger partial charge in [0.15, 0.2) is 0 Å². The first-order chi connectivity index (χ1) is 8.27. The standard InChI is InChI=1S/C12H20N4O/c1-16-7-6-14-11(16)15-10-8-12(17-9-10)2-4-13-5-3-12/h6-7,10,13H,2-5,8-9H2,1H3,(H,14,15)/t10-/m0/s1. The summed E-state index contributed by atoms with van der Waals surface area (Å²) in [7, 11) is 2.01. The molecule has 2 fully saturated rings. The Hall–Kier alpha value is -1.07. The average molecular weight is 236 g/mol. The van der Waals surface area contributed by atoms with E-state index in [4.69, 9.17) is 4.74 Å². The fraction of sp³-hybridized carbons (Fsp3) is 0.750. The predicted molar refractivity (Wildman–Crippen MR) is 66.0 cm³/mol. The van der Waals surface area contributed by atoms with E-state index in [-0.39, 0.29) is 5.60 Å². The number of hydrogen-bond acceptors (Lipinski definition) is 4. The van der Waals surface area contributed by atoms with Gasteiger partial charge in [0.2, 0.25) is 5.95 Å². The van der Waals surface area contributed by atoms with Crippen molar-refractivity contribution in [1.29, 1.82) is 0 Å². The number of rotatable bonds is 2. The number of aromatic nitrogens is 2. The fourth-order valence-corrected chi connectivity index (χ4v) is 2.86. The molecule has 94 valence electrons. The number of ether oxygens (including phenoxy) is 1. The molecular formula is C12H20N4O. The Balaban J connectivity index is 1.62. The first-order valence-electron chi connectivity index (χ1n) is 6.36. The number of aryl methyl sites for hydroxylation is 1. The molecular weight excluding hydrogens is 216 g/mol. The quantitative estimate of drug-likeness (QED) is 0.795. The molecule has 5 heteroatoms. The Kier molecular flexibility index (Phi) is 2.80. The van der Waals surface area contributed by atoms with Crippen molar-refractivity contribution in [1.82, 2.24) is 14.9 Å². The lowest BCUT2D eigenvalue weighted by Crippen LogP contribution is -2.41. The molecule has 0 aromatic carbocycles. The predicted octanol–water partition coefficient (Wildman–Crippen LogP) is 0.743. The van der Waals surface area contributed by atoms with Crippen molar-refractivity contribution in [2.75, 3.05) is 25.0 Å². The van der Waals surface area contributed by atoms with E-state index in [0.717, 1.165) is 44.9 Å². The van der Waals surface area contributed by atoms with Crippen LogP contribution in [0.4, 0.5) is 5.95 Å². The number of anilines is 1. The largest absolute Gasteiger partial charge is 0.373 e. The van der Waals surface area contributed by atoms with E-state index in [2.05, 4.69) is 15.6 Å². The summed E-state index contributed by atoms with van der Waals surface area (Å²) in [4.78, 5) is 4.30. The van der Waals surface area contributed by atoms with E-state index in [9.17, 15) is 0 Å². The van der Waals surface area contributed by atoms with Crippen LogP contribution in [0.1, 0.15) is 19.3 Å². The van der Waals surface area contributed by atoms with E-state index in [1.54, 1.807) is 0 Å². The summed E-state index contributed by atoms with van der Waals surface area (Å²) in [5, 5.41) is 6.86. The lowest BCUT2D eigenvalue weighted by molar-refractivity contribution is -0.0192. The molecule has 2 saturated heterocycles. The molecule has 1 aromatic heterocycles. The number of hydrogen-bond donors (Lipinski definition) is 2. The van der Waals surface area contributed by atoms with Crippen LogP contribution in [0.3, 0.4) is 0 Å². The first kappa shape index (κ1) is 11.0. The third kappa shape index (κ3) is 2.17. The summed E-state index contributed by atoms with van der Waals surface area (Å²) in [6.07, 6.45) is 7.13. The van der Waals surface area contributed by atoms with Gasteiger partial charge in [-0.1, -0.05) is 0 Å². The Labute approximate surface area is 102 Å². The van der Waals surface area contributed by atoms with Crippen LogP contribution in [0.15, 0.2) is 12.4 Å². The molecule has 2 aliphatic rings. The van der Waals surface area contributed by atoms with Crippen molar-refractivity contribution in [3.05, 3.63) is 12.4 Å². The molecule has 1 aromatic rings. The number of imidazole rings is 1. The zero-order valence-electron chi connectivity index (χ0n) is 10.3. The minimum absolute atomic E-state index is 0.119. The van der Waals surface area contributed by atoms with Crippen molar-refractivity contribution in [2.24, 2.45) is 7.05 Å². The lowest BCUT2D eigenvalue weighted by Gasteiger charge is -2.32. The highest BCUT2D eigenvalue weighted by Gasteiger charge is 2.41. The van der Waals surface area contributed by atoms with E-state index in [1.165, 1.54) is 0 Å². The zero-order valence-corrected chi connectivity index (χ0v) is 10.3. The molecule has 0 saturated carbocycles. The molecule has 2 aliphatic heterocycles. The molecule has 1 atom stereocenters. The van der Waals surface area contributed by atoms with Gasteiger partial charge in [-0.25, -0.2) is 4.98 Å². The van der Waals surface area contributed by atoms with Gasteiger partial charge in [0, 0.05) is 19.4 Å². The van der Waals surface area contributed by atoms with Crippen molar-refractivity contribution in [3.8, 4) is 0 Å². The van der Waals surface area contributed by atoms with E-state index in [0.29, 0.717) is 6.04 Å². The van der Waals surface area contributed by atoms with Crippen LogP contribution in [0.2, 0.25) is 0 Å². The summed E-state index contributed by atoms with van der Waals surface area (Å²) in [5.41, 5.74) is 0.119. The Morgan fingerprint density at radius 2 is 2.35 bits per heavy atom. The maximum atomic E-state index is 6.04. The summed E-state index contributed by atoms with van der Waals surface area (Å²) in [5.74, 6) is 0.935. The number of nitrogens with zero attached hydrogens (tertiary/aromatic N) is 2. The molecule has 1 spiro atoms. The summed E-state index contributed by atoms with van der Waals surface area (Å²) < 4.78 is 8.05. The molecule has 3 rings (SSSR count). The van der Waals surface area contributed by atoms with Gasteiger partial charge in [0.05, 0.1) is 18.2 Å². The van der Waals surface area contributed by atoms with Gasteiger partial charge in [0.25, 0.3) is 0 Å². The SMILES string of the molecule is Cn1ccnc1N[C@@H]1COC2(CCNCC2)C1. The van der Waals surface area contributed by atoms with E-state index in [1.807, 2.05) is 24.0 Å². The van der Waals surface area contributed by atoms with Crippen LogP contribution in [-0.2, 0) is 11.8 Å². The van der Waals surface area contributed by atoms with Gasteiger partial charge in [0.1, 0.15) is 0 Å². The van der Waals surface area contributed by atoms with Crippen LogP contribution in [-0.4, -0.2) is 40.9 Å². The molecule has 0 unspecified atom stereocenters. The molecule has 0 amide bonds. The monoisotopic (exact) mass is 236 g/mol. The maximum Gasteiger partial charge on any atom is 0.202 e. The second kappa shape index (κ2) is 4.31. The van der Waals surface area contributed by atoms with Crippen LogP contribution in [0, 0.1) is 0 Å². The number of piperidine rings is 1. The van der Waals surface area contributed by atoms with Crippen molar-refractivity contribution in [3.63, 3.8) is 0 Å². The molecule has 3 heterocycles. The highest BCUT2D eigenvalue weighted by molar-refractivity contribution is 5.28. The van der Waals surface area contributed by atoms with Gasteiger partial charge in [-0.3, -0.25) is 0 Å². The summed E-state index contributed by atoms with van der Waals surface area (Å²) in [6, 6.07) is 0.397. The maximum absolute atomic E-state index is 6.04. The molecule has 0 bridgehead atoms. The van der Waals surface area contributed by atoms with Gasteiger partial charge in [-0.2, -0.15) is 0 Å². The highest BCUT2D eigenvalue weighted by atomic mass is 16.5.